The molecule has 0 saturated carbocycles. The summed E-state index contributed by atoms with van der Waals surface area (Å²) in [7, 11) is -3.36. The van der Waals surface area contributed by atoms with Crippen molar-refractivity contribution in [2.45, 2.75) is 11.1 Å². The normalized spacial score (nSPS) is 17.1. The molecular formula is C13H16N4O2S2. The molecule has 0 N–H and O–H groups in total. The van der Waals surface area contributed by atoms with E-state index in [-0.39, 0.29) is 0 Å². The Balaban J connectivity index is 1.71. The first kappa shape index (κ1) is 14.4. The van der Waals surface area contributed by atoms with Gasteiger partial charge in [-0.05, 0) is 31.2 Å². The second kappa shape index (κ2) is 5.70. The maximum absolute atomic E-state index is 12.5. The van der Waals surface area contributed by atoms with Crippen molar-refractivity contribution in [1.29, 1.82) is 0 Å². The SMILES string of the molecule is Cc1ccc(S(=O)(=O)N2CCN(c3cccnn3)CC2)s1. The Bertz CT molecular complexity index is 707. The van der Waals surface area contributed by atoms with Gasteiger partial charge in [0, 0.05) is 37.3 Å². The van der Waals surface area contributed by atoms with Crippen LogP contribution in [0, 0.1) is 6.92 Å². The predicted octanol–water partition coefficient (Wildman–Crippen LogP) is 1.36. The summed E-state index contributed by atoms with van der Waals surface area (Å²) in [6, 6.07) is 7.25. The molecule has 1 fully saturated rings. The summed E-state index contributed by atoms with van der Waals surface area (Å²) in [6.45, 7) is 4.10. The molecule has 1 aliphatic rings. The summed E-state index contributed by atoms with van der Waals surface area (Å²) in [5, 5.41) is 7.92. The standard InChI is InChI=1S/C13H16N4O2S2/c1-11-4-5-13(20-11)21(18,19)17-9-7-16(8-10-17)12-3-2-6-14-15-12/h2-6H,7-10H2,1H3. The number of piperazine rings is 1. The summed E-state index contributed by atoms with van der Waals surface area (Å²) in [6.07, 6.45) is 1.63. The van der Waals surface area contributed by atoms with E-state index in [1.54, 1.807) is 16.6 Å². The van der Waals surface area contributed by atoms with E-state index in [0.29, 0.717) is 30.4 Å². The quantitative estimate of drug-likeness (QED) is 0.853. The monoisotopic (exact) mass is 324 g/mol. The third kappa shape index (κ3) is 2.92. The number of hydrogen-bond donors (Lipinski definition) is 0. The van der Waals surface area contributed by atoms with Gasteiger partial charge in [-0.1, -0.05) is 0 Å². The minimum Gasteiger partial charge on any atom is -0.352 e. The molecule has 1 saturated heterocycles. The lowest BCUT2D eigenvalue weighted by Crippen LogP contribution is -2.48. The van der Waals surface area contributed by atoms with Crippen LogP contribution in [0.2, 0.25) is 0 Å². The van der Waals surface area contributed by atoms with Crippen LogP contribution in [0.1, 0.15) is 4.88 Å². The van der Waals surface area contributed by atoms with Crippen LogP contribution < -0.4 is 4.90 Å². The first-order valence-electron chi connectivity index (χ1n) is 6.66. The van der Waals surface area contributed by atoms with Crippen LogP contribution in [0.4, 0.5) is 5.82 Å². The Hall–Kier alpha value is -1.51. The fourth-order valence-electron chi connectivity index (χ4n) is 2.30. The van der Waals surface area contributed by atoms with Crippen molar-refractivity contribution in [1.82, 2.24) is 14.5 Å². The zero-order valence-corrected chi connectivity index (χ0v) is 13.3. The predicted molar refractivity (Wildman–Crippen MR) is 82.1 cm³/mol. The van der Waals surface area contributed by atoms with Gasteiger partial charge in [0.05, 0.1) is 0 Å². The van der Waals surface area contributed by atoms with E-state index in [0.717, 1.165) is 10.7 Å². The van der Waals surface area contributed by atoms with Gasteiger partial charge in [-0.15, -0.1) is 16.4 Å². The summed E-state index contributed by atoms with van der Waals surface area (Å²) >= 11 is 1.32. The van der Waals surface area contributed by atoms with Gasteiger partial charge in [0.25, 0.3) is 10.0 Å². The smallest absolute Gasteiger partial charge is 0.252 e. The van der Waals surface area contributed by atoms with E-state index in [1.165, 1.54) is 11.3 Å². The molecule has 1 aliphatic heterocycles. The van der Waals surface area contributed by atoms with Gasteiger partial charge >= 0.3 is 0 Å². The molecule has 0 aliphatic carbocycles. The largest absolute Gasteiger partial charge is 0.352 e. The molecule has 0 atom stereocenters. The van der Waals surface area contributed by atoms with Gasteiger partial charge in [0.2, 0.25) is 0 Å². The third-order valence-electron chi connectivity index (χ3n) is 3.43. The summed E-state index contributed by atoms with van der Waals surface area (Å²) in [4.78, 5) is 3.06. The van der Waals surface area contributed by atoms with Gasteiger partial charge in [-0.2, -0.15) is 9.40 Å². The number of thiophene rings is 1. The Morgan fingerprint density at radius 3 is 2.48 bits per heavy atom. The topological polar surface area (TPSA) is 66.4 Å². The maximum atomic E-state index is 12.5. The Labute approximate surface area is 128 Å². The number of rotatable bonds is 3. The summed E-state index contributed by atoms with van der Waals surface area (Å²) in [5.74, 6) is 0.793. The van der Waals surface area contributed by atoms with Crippen molar-refractivity contribution in [3.63, 3.8) is 0 Å². The fourth-order valence-corrected chi connectivity index (χ4v) is 5.16. The zero-order valence-electron chi connectivity index (χ0n) is 11.6. The van der Waals surface area contributed by atoms with Crippen LogP contribution in [0.5, 0.6) is 0 Å². The average Bonchev–Trinajstić information content (AvgIpc) is 2.96. The Morgan fingerprint density at radius 1 is 1.14 bits per heavy atom. The molecule has 3 heterocycles. The molecule has 0 unspecified atom stereocenters. The van der Waals surface area contributed by atoms with Crippen molar-refractivity contribution in [2.24, 2.45) is 0 Å². The molecule has 6 nitrogen and oxygen atoms in total. The van der Waals surface area contributed by atoms with E-state index in [4.69, 9.17) is 0 Å². The van der Waals surface area contributed by atoms with E-state index in [1.807, 2.05) is 25.1 Å². The number of sulfonamides is 1. The molecule has 21 heavy (non-hydrogen) atoms. The first-order chi connectivity index (χ1) is 10.1. The Kier molecular flexibility index (Phi) is 3.92. The molecular weight excluding hydrogens is 308 g/mol. The molecule has 8 heteroatoms. The second-order valence-electron chi connectivity index (χ2n) is 4.84. The zero-order chi connectivity index (χ0) is 14.9. The van der Waals surface area contributed by atoms with Crippen LogP contribution in [-0.2, 0) is 10.0 Å². The van der Waals surface area contributed by atoms with Crippen molar-refractivity contribution in [2.75, 3.05) is 31.1 Å². The Morgan fingerprint density at radius 2 is 1.90 bits per heavy atom. The van der Waals surface area contributed by atoms with Crippen molar-refractivity contribution in [3.8, 4) is 0 Å². The van der Waals surface area contributed by atoms with Gasteiger partial charge in [-0.3, -0.25) is 0 Å². The highest BCUT2D eigenvalue weighted by Crippen LogP contribution is 2.25. The van der Waals surface area contributed by atoms with Crippen LogP contribution >= 0.6 is 11.3 Å². The highest BCUT2D eigenvalue weighted by molar-refractivity contribution is 7.91. The summed E-state index contributed by atoms with van der Waals surface area (Å²) < 4.78 is 27.0. The number of aryl methyl sites for hydroxylation is 1. The van der Waals surface area contributed by atoms with Gasteiger partial charge in [0.15, 0.2) is 5.82 Å². The molecule has 2 aromatic heterocycles. The number of anilines is 1. The first-order valence-corrected chi connectivity index (χ1v) is 8.92. The van der Waals surface area contributed by atoms with E-state index < -0.39 is 10.0 Å². The van der Waals surface area contributed by atoms with E-state index >= 15 is 0 Å². The highest BCUT2D eigenvalue weighted by Gasteiger charge is 2.29. The molecule has 0 spiro atoms. The van der Waals surface area contributed by atoms with Crippen molar-refractivity contribution in [3.05, 3.63) is 35.3 Å². The molecule has 3 rings (SSSR count). The summed E-state index contributed by atoms with van der Waals surface area (Å²) in [5.41, 5.74) is 0. The molecule has 0 aromatic carbocycles. The minimum atomic E-state index is -3.36. The van der Waals surface area contributed by atoms with Crippen LogP contribution in [-0.4, -0.2) is 49.1 Å². The molecule has 0 radical (unpaired) electrons. The number of hydrogen-bond acceptors (Lipinski definition) is 6. The third-order valence-corrected chi connectivity index (χ3v) is 6.80. The molecule has 2 aromatic rings. The van der Waals surface area contributed by atoms with Crippen molar-refractivity contribution >= 4 is 27.2 Å². The maximum Gasteiger partial charge on any atom is 0.252 e. The molecule has 0 bridgehead atoms. The lowest BCUT2D eigenvalue weighted by Gasteiger charge is -2.34. The average molecular weight is 324 g/mol. The highest BCUT2D eigenvalue weighted by atomic mass is 32.2. The fraction of sp³-hybridized carbons (Fsp3) is 0.385. The van der Waals surface area contributed by atoms with Gasteiger partial charge in [0.1, 0.15) is 4.21 Å². The second-order valence-corrected chi connectivity index (χ2v) is 8.29. The van der Waals surface area contributed by atoms with Gasteiger partial charge < -0.3 is 4.90 Å². The van der Waals surface area contributed by atoms with E-state index in [9.17, 15) is 8.42 Å². The van der Waals surface area contributed by atoms with Gasteiger partial charge in [-0.25, -0.2) is 8.42 Å². The number of nitrogens with zero attached hydrogens (tertiary/aromatic N) is 4. The lowest BCUT2D eigenvalue weighted by molar-refractivity contribution is 0.384. The molecule has 112 valence electrons. The van der Waals surface area contributed by atoms with Crippen LogP contribution in [0.25, 0.3) is 0 Å². The minimum absolute atomic E-state index is 0.424. The van der Waals surface area contributed by atoms with Crippen molar-refractivity contribution < 1.29 is 8.42 Å². The van der Waals surface area contributed by atoms with E-state index in [2.05, 4.69) is 15.1 Å². The number of aromatic nitrogens is 2. The lowest BCUT2D eigenvalue weighted by atomic mass is 10.3. The van der Waals surface area contributed by atoms with Crippen LogP contribution in [0.15, 0.2) is 34.7 Å². The van der Waals surface area contributed by atoms with Crippen LogP contribution in [0.3, 0.4) is 0 Å². The molecule has 0 amide bonds.